The third kappa shape index (κ3) is 2.54. The average molecular weight is 403 g/mol. The van der Waals surface area contributed by atoms with Gasteiger partial charge in [-0.15, -0.1) is 0 Å². The number of anilines is 1. The lowest BCUT2D eigenvalue weighted by Gasteiger charge is -2.24. The van der Waals surface area contributed by atoms with Gasteiger partial charge in [-0.3, -0.25) is 4.79 Å². The van der Waals surface area contributed by atoms with Crippen LogP contribution < -0.4 is 15.6 Å². The normalized spacial score (nSPS) is 22.6. The van der Waals surface area contributed by atoms with Gasteiger partial charge < -0.3 is 19.9 Å². The number of hydrogen-bond donors (Lipinski definition) is 2. The molecule has 0 bridgehead atoms. The Morgan fingerprint density at radius 1 is 1.28 bits per heavy atom. The molecule has 3 aliphatic rings. The minimum absolute atomic E-state index is 0.0108. The number of aryl methyl sites for hydroxylation is 1. The van der Waals surface area contributed by atoms with Crippen molar-refractivity contribution in [2.75, 3.05) is 25.0 Å². The van der Waals surface area contributed by atoms with Crippen LogP contribution >= 0.6 is 0 Å². The van der Waals surface area contributed by atoms with Gasteiger partial charge in [0.15, 0.2) is 11.6 Å². The zero-order valence-electron chi connectivity index (χ0n) is 16.4. The Balaban J connectivity index is 1.78. The summed E-state index contributed by atoms with van der Waals surface area (Å²) in [7, 11) is 1.87. The summed E-state index contributed by atoms with van der Waals surface area (Å²) in [6.45, 7) is 2.50. The van der Waals surface area contributed by atoms with E-state index in [1.54, 1.807) is 4.90 Å². The predicted octanol–water partition coefficient (Wildman–Crippen LogP) is 2.81. The number of nitrogens with zero attached hydrogens (tertiary/aromatic N) is 2. The quantitative estimate of drug-likeness (QED) is 0.821. The highest BCUT2D eigenvalue weighted by Crippen LogP contribution is 2.54. The Bertz CT molecular complexity index is 1120. The maximum absolute atomic E-state index is 15.8. The molecule has 1 spiro atoms. The Hall–Kier alpha value is -2.48. The molecule has 2 saturated carbocycles. The highest BCUT2D eigenvalue weighted by atomic mass is 19.1. The highest BCUT2D eigenvalue weighted by molar-refractivity contribution is 5.95. The van der Waals surface area contributed by atoms with Crippen LogP contribution in [0.25, 0.3) is 10.9 Å². The number of aromatic carboxylic acids is 1. The predicted molar refractivity (Wildman–Crippen MR) is 105 cm³/mol. The SMILES string of the molecule is CN[C@H]1CN(c2c(F)c(C)c3c(=O)c(C(=O)O)cn(C4CC4)c3c2F)CC12CC2. The molecule has 1 atom stereocenters. The van der Waals surface area contributed by atoms with Crippen molar-refractivity contribution < 1.29 is 18.7 Å². The summed E-state index contributed by atoms with van der Waals surface area (Å²) in [5.74, 6) is -2.93. The molecule has 5 rings (SSSR count). The molecule has 1 aromatic heterocycles. The number of aromatic nitrogens is 1. The lowest BCUT2D eigenvalue weighted by molar-refractivity contribution is 0.0695. The van der Waals surface area contributed by atoms with Gasteiger partial charge in [-0.1, -0.05) is 0 Å². The molecule has 1 aliphatic heterocycles. The van der Waals surface area contributed by atoms with Crippen molar-refractivity contribution in [1.82, 2.24) is 9.88 Å². The van der Waals surface area contributed by atoms with E-state index in [1.165, 1.54) is 17.7 Å². The van der Waals surface area contributed by atoms with Gasteiger partial charge in [-0.05, 0) is 39.7 Å². The molecule has 2 N–H and O–H groups in total. The van der Waals surface area contributed by atoms with Gasteiger partial charge in [-0.25, -0.2) is 13.6 Å². The van der Waals surface area contributed by atoms with Crippen LogP contribution in [0.4, 0.5) is 14.5 Å². The van der Waals surface area contributed by atoms with E-state index in [1.807, 2.05) is 7.05 Å². The third-order valence-corrected chi connectivity index (χ3v) is 6.94. The van der Waals surface area contributed by atoms with Crippen LogP contribution in [0.1, 0.15) is 47.6 Å². The fraction of sp³-hybridized carbons (Fsp3) is 0.524. The summed E-state index contributed by atoms with van der Waals surface area (Å²) in [5.41, 5.74) is -1.30. The third-order valence-electron chi connectivity index (χ3n) is 6.94. The first-order valence-corrected chi connectivity index (χ1v) is 10.0. The van der Waals surface area contributed by atoms with E-state index in [0.717, 1.165) is 25.7 Å². The molecule has 1 aromatic carbocycles. The number of carboxylic acid groups (broad SMARTS) is 1. The molecule has 3 fully saturated rings. The summed E-state index contributed by atoms with van der Waals surface area (Å²) in [6.07, 6.45) is 4.82. The van der Waals surface area contributed by atoms with Crippen LogP contribution in [0.2, 0.25) is 0 Å². The van der Waals surface area contributed by atoms with E-state index in [2.05, 4.69) is 5.32 Å². The minimum Gasteiger partial charge on any atom is -0.477 e. The van der Waals surface area contributed by atoms with Crippen molar-refractivity contribution in [2.24, 2.45) is 5.41 Å². The van der Waals surface area contributed by atoms with Gasteiger partial charge in [-0.2, -0.15) is 0 Å². The molecular weight excluding hydrogens is 380 g/mol. The Morgan fingerprint density at radius 3 is 2.48 bits per heavy atom. The number of halogens is 2. The van der Waals surface area contributed by atoms with E-state index < -0.39 is 28.6 Å². The monoisotopic (exact) mass is 403 g/mol. The summed E-state index contributed by atoms with van der Waals surface area (Å²) in [4.78, 5) is 26.1. The molecular formula is C21H23F2N3O3. The van der Waals surface area contributed by atoms with Crippen LogP contribution in [0.5, 0.6) is 0 Å². The number of fused-ring (bicyclic) bond motifs is 1. The first-order valence-electron chi connectivity index (χ1n) is 10.0. The Kier molecular flexibility index (Phi) is 3.84. The first kappa shape index (κ1) is 18.5. The van der Waals surface area contributed by atoms with Crippen molar-refractivity contribution in [1.29, 1.82) is 0 Å². The molecule has 29 heavy (non-hydrogen) atoms. The van der Waals surface area contributed by atoms with Crippen LogP contribution in [0, 0.1) is 24.0 Å². The van der Waals surface area contributed by atoms with Crippen LogP contribution in [0.3, 0.4) is 0 Å². The average Bonchev–Trinajstić information content (AvgIpc) is 3.58. The lowest BCUT2D eigenvalue weighted by Crippen LogP contribution is -2.34. The number of nitrogens with one attached hydrogen (secondary N) is 1. The number of hydrogen-bond acceptors (Lipinski definition) is 4. The lowest BCUT2D eigenvalue weighted by atomic mass is 10.0. The molecule has 6 nitrogen and oxygen atoms in total. The summed E-state index contributed by atoms with van der Waals surface area (Å²) < 4.78 is 32.8. The van der Waals surface area contributed by atoms with Gasteiger partial charge in [0.2, 0.25) is 5.43 Å². The van der Waals surface area contributed by atoms with Crippen molar-refractivity contribution in [3.63, 3.8) is 0 Å². The van der Waals surface area contributed by atoms with Gasteiger partial charge in [0.1, 0.15) is 11.3 Å². The fourth-order valence-electron chi connectivity index (χ4n) is 4.97. The number of carbonyl (C=O) groups is 1. The van der Waals surface area contributed by atoms with Gasteiger partial charge in [0.05, 0.1) is 10.9 Å². The van der Waals surface area contributed by atoms with Gasteiger partial charge in [0.25, 0.3) is 0 Å². The topological polar surface area (TPSA) is 74.6 Å². The van der Waals surface area contributed by atoms with Gasteiger partial charge >= 0.3 is 5.97 Å². The van der Waals surface area contributed by atoms with Gasteiger partial charge in [0, 0.05) is 42.3 Å². The second-order valence-electron chi connectivity index (χ2n) is 8.72. The second kappa shape index (κ2) is 6.01. The van der Waals surface area contributed by atoms with E-state index in [-0.39, 0.29) is 39.7 Å². The van der Waals surface area contributed by atoms with Crippen LogP contribution in [-0.4, -0.2) is 41.8 Å². The van der Waals surface area contributed by atoms with Crippen molar-refractivity contribution >= 4 is 22.6 Å². The molecule has 2 heterocycles. The summed E-state index contributed by atoms with van der Waals surface area (Å²) in [6, 6.07) is 0.0964. The number of rotatable bonds is 4. The van der Waals surface area contributed by atoms with E-state index >= 15 is 8.78 Å². The molecule has 2 aromatic rings. The minimum atomic E-state index is -1.39. The molecule has 0 radical (unpaired) electrons. The van der Waals surface area contributed by atoms with Crippen molar-refractivity contribution in [2.45, 2.75) is 44.7 Å². The maximum Gasteiger partial charge on any atom is 0.341 e. The van der Waals surface area contributed by atoms with Crippen molar-refractivity contribution in [3.8, 4) is 0 Å². The second-order valence-corrected chi connectivity index (χ2v) is 8.72. The van der Waals surface area contributed by atoms with Crippen LogP contribution in [0.15, 0.2) is 11.0 Å². The first-order chi connectivity index (χ1) is 13.8. The maximum atomic E-state index is 15.8. The molecule has 0 amide bonds. The number of pyridine rings is 1. The zero-order chi connectivity index (χ0) is 20.7. The number of benzene rings is 1. The highest BCUT2D eigenvalue weighted by Gasteiger charge is 2.55. The van der Waals surface area contributed by atoms with E-state index in [0.29, 0.717) is 13.1 Å². The van der Waals surface area contributed by atoms with Crippen LogP contribution in [-0.2, 0) is 0 Å². The largest absolute Gasteiger partial charge is 0.477 e. The molecule has 154 valence electrons. The smallest absolute Gasteiger partial charge is 0.341 e. The number of likely N-dealkylation sites (N-methyl/N-ethyl adjacent to an activating group) is 1. The van der Waals surface area contributed by atoms with E-state index in [9.17, 15) is 14.7 Å². The Labute approximate surface area is 166 Å². The fourth-order valence-corrected chi connectivity index (χ4v) is 4.97. The molecule has 2 aliphatic carbocycles. The summed E-state index contributed by atoms with van der Waals surface area (Å²) >= 11 is 0. The Morgan fingerprint density at radius 2 is 1.97 bits per heavy atom. The molecule has 8 heteroatoms. The standard InChI is InChI=1S/C21H23F2N3O3/c1-10-14-17(26(11-3-4-11)7-12(19(14)27)20(28)29)16(23)18(15(10)22)25-8-13(24-2)21(9-25)5-6-21/h7,11,13,24H,3-6,8-9H2,1-2H3,(H,28,29)/t13-/m0/s1. The number of carboxylic acids is 1. The molecule has 1 saturated heterocycles. The summed E-state index contributed by atoms with van der Waals surface area (Å²) in [5, 5.41) is 12.5. The van der Waals surface area contributed by atoms with E-state index in [4.69, 9.17) is 0 Å². The molecule has 0 unspecified atom stereocenters. The van der Waals surface area contributed by atoms with Crippen molar-refractivity contribution in [3.05, 3.63) is 39.2 Å². The zero-order valence-corrected chi connectivity index (χ0v) is 16.4.